The number of ether oxygens (including phenoxy) is 1. The lowest BCUT2D eigenvalue weighted by Crippen LogP contribution is -1.93. The molecular weight excluding hydrogens is 216 g/mol. The molecule has 0 fully saturated rings. The van der Waals surface area contributed by atoms with Gasteiger partial charge in [-0.25, -0.2) is 4.79 Å². The summed E-state index contributed by atoms with van der Waals surface area (Å²) in [7, 11) is 1.32. The first-order chi connectivity index (χ1) is 8.22. The lowest BCUT2D eigenvalue weighted by molar-refractivity contribution is -0.134. The van der Waals surface area contributed by atoms with Gasteiger partial charge in [-0.3, -0.25) is 0 Å². The highest BCUT2D eigenvalue weighted by molar-refractivity contribution is 5.96. The van der Waals surface area contributed by atoms with Crippen LogP contribution in [-0.2, 0) is 9.53 Å². The maximum atomic E-state index is 11.0. The molecule has 0 spiro atoms. The van der Waals surface area contributed by atoms with Crippen molar-refractivity contribution in [2.75, 3.05) is 7.11 Å². The standard InChI is InChI=1S/C14H12O3/c1-17-14(16)9-7-12-11-5-3-2-4-10(11)6-8-13(12)15/h2-9,15H,1H3. The Kier molecular flexibility index (Phi) is 3.10. The lowest BCUT2D eigenvalue weighted by Gasteiger charge is -2.04. The van der Waals surface area contributed by atoms with Crippen molar-refractivity contribution < 1.29 is 14.6 Å². The van der Waals surface area contributed by atoms with E-state index in [1.54, 1.807) is 12.1 Å². The minimum Gasteiger partial charge on any atom is -0.507 e. The third kappa shape index (κ3) is 2.28. The zero-order valence-corrected chi connectivity index (χ0v) is 9.38. The molecule has 0 aromatic heterocycles. The first kappa shape index (κ1) is 11.2. The minimum atomic E-state index is -0.447. The second-order valence-corrected chi connectivity index (χ2v) is 3.58. The summed E-state index contributed by atoms with van der Waals surface area (Å²) in [4.78, 5) is 11.0. The third-order valence-corrected chi connectivity index (χ3v) is 2.53. The van der Waals surface area contributed by atoms with Crippen molar-refractivity contribution in [1.29, 1.82) is 0 Å². The van der Waals surface area contributed by atoms with Crippen LogP contribution in [0.25, 0.3) is 16.8 Å². The molecule has 0 aliphatic rings. The molecule has 3 heteroatoms. The Morgan fingerprint density at radius 1 is 1.24 bits per heavy atom. The van der Waals surface area contributed by atoms with Gasteiger partial charge in [-0.2, -0.15) is 0 Å². The van der Waals surface area contributed by atoms with Crippen LogP contribution in [-0.4, -0.2) is 18.2 Å². The van der Waals surface area contributed by atoms with Crippen LogP contribution in [0.5, 0.6) is 5.75 Å². The van der Waals surface area contributed by atoms with Crippen LogP contribution in [0.3, 0.4) is 0 Å². The van der Waals surface area contributed by atoms with Gasteiger partial charge in [0.2, 0.25) is 0 Å². The van der Waals surface area contributed by atoms with Gasteiger partial charge in [0.1, 0.15) is 5.75 Å². The lowest BCUT2D eigenvalue weighted by atomic mass is 10.0. The fourth-order valence-electron chi connectivity index (χ4n) is 1.68. The molecular formula is C14H12O3. The Morgan fingerprint density at radius 2 is 2.00 bits per heavy atom. The molecule has 2 rings (SSSR count). The molecule has 0 atom stereocenters. The molecule has 2 aromatic rings. The zero-order chi connectivity index (χ0) is 12.3. The van der Waals surface area contributed by atoms with Crippen LogP contribution in [0.15, 0.2) is 42.5 Å². The highest BCUT2D eigenvalue weighted by Crippen LogP contribution is 2.28. The molecule has 0 aliphatic carbocycles. The average molecular weight is 228 g/mol. The summed E-state index contributed by atoms with van der Waals surface area (Å²) in [6.07, 6.45) is 2.85. The summed E-state index contributed by atoms with van der Waals surface area (Å²) in [5, 5.41) is 11.7. The molecule has 0 saturated heterocycles. The first-order valence-corrected chi connectivity index (χ1v) is 5.19. The Balaban J connectivity index is 2.55. The second-order valence-electron chi connectivity index (χ2n) is 3.58. The SMILES string of the molecule is COC(=O)C=Cc1c(O)ccc2ccccc12. The topological polar surface area (TPSA) is 46.5 Å². The number of fused-ring (bicyclic) bond motifs is 1. The van der Waals surface area contributed by atoms with E-state index < -0.39 is 5.97 Å². The summed E-state index contributed by atoms with van der Waals surface area (Å²) in [6.45, 7) is 0. The largest absolute Gasteiger partial charge is 0.507 e. The molecule has 1 N–H and O–H groups in total. The van der Waals surface area contributed by atoms with Crippen molar-refractivity contribution in [3.8, 4) is 5.75 Å². The average Bonchev–Trinajstić information content (AvgIpc) is 2.37. The van der Waals surface area contributed by atoms with Crippen LogP contribution >= 0.6 is 0 Å². The van der Waals surface area contributed by atoms with Gasteiger partial charge >= 0.3 is 5.97 Å². The van der Waals surface area contributed by atoms with Gasteiger partial charge in [0.05, 0.1) is 7.11 Å². The highest BCUT2D eigenvalue weighted by atomic mass is 16.5. The molecule has 3 nitrogen and oxygen atoms in total. The fourth-order valence-corrected chi connectivity index (χ4v) is 1.68. The van der Waals surface area contributed by atoms with Gasteiger partial charge in [-0.05, 0) is 22.9 Å². The van der Waals surface area contributed by atoms with Gasteiger partial charge in [0, 0.05) is 11.6 Å². The van der Waals surface area contributed by atoms with E-state index in [4.69, 9.17) is 0 Å². The van der Waals surface area contributed by atoms with Gasteiger partial charge in [-0.1, -0.05) is 30.3 Å². The van der Waals surface area contributed by atoms with Crippen LogP contribution in [0.4, 0.5) is 0 Å². The van der Waals surface area contributed by atoms with Crippen molar-refractivity contribution >= 4 is 22.8 Å². The van der Waals surface area contributed by atoms with E-state index in [9.17, 15) is 9.90 Å². The second kappa shape index (κ2) is 4.70. The van der Waals surface area contributed by atoms with Gasteiger partial charge in [0.25, 0.3) is 0 Å². The maximum Gasteiger partial charge on any atom is 0.330 e. The zero-order valence-electron chi connectivity index (χ0n) is 9.38. The predicted molar refractivity (Wildman–Crippen MR) is 66.7 cm³/mol. The molecule has 17 heavy (non-hydrogen) atoms. The number of rotatable bonds is 2. The summed E-state index contributed by atoms with van der Waals surface area (Å²) in [5.41, 5.74) is 0.619. The number of carbonyl (C=O) groups excluding carboxylic acids is 1. The first-order valence-electron chi connectivity index (χ1n) is 5.19. The fraction of sp³-hybridized carbons (Fsp3) is 0.0714. The summed E-state index contributed by atoms with van der Waals surface area (Å²) in [5.74, 6) is -0.304. The van der Waals surface area contributed by atoms with Crippen molar-refractivity contribution in [2.45, 2.75) is 0 Å². The van der Waals surface area contributed by atoms with E-state index in [1.165, 1.54) is 13.2 Å². The van der Waals surface area contributed by atoms with E-state index >= 15 is 0 Å². The molecule has 2 aromatic carbocycles. The quantitative estimate of drug-likeness (QED) is 0.635. The van der Waals surface area contributed by atoms with Crippen LogP contribution in [0.2, 0.25) is 0 Å². The Labute approximate surface area is 99.0 Å². The third-order valence-electron chi connectivity index (χ3n) is 2.53. The number of carbonyl (C=O) groups is 1. The van der Waals surface area contributed by atoms with Crippen LogP contribution < -0.4 is 0 Å². The van der Waals surface area contributed by atoms with Crippen molar-refractivity contribution in [2.24, 2.45) is 0 Å². The normalized spacial score (nSPS) is 10.9. The van der Waals surface area contributed by atoms with E-state index in [2.05, 4.69) is 4.74 Å². The molecule has 0 heterocycles. The highest BCUT2D eigenvalue weighted by Gasteiger charge is 2.04. The number of hydrogen-bond acceptors (Lipinski definition) is 3. The van der Waals surface area contributed by atoms with Gasteiger partial charge in [0.15, 0.2) is 0 Å². The van der Waals surface area contributed by atoms with E-state index in [0.29, 0.717) is 5.56 Å². The molecule has 86 valence electrons. The van der Waals surface area contributed by atoms with E-state index in [1.807, 2.05) is 30.3 Å². The molecule has 0 saturated carbocycles. The smallest absolute Gasteiger partial charge is 0.330 e. The summed E-state index contributed by atoms with van der Waals surface area (Å²) in [6, 6.07) is 11.1. The van der Waals surface area contributed by atoms with E-state index in [0.717, 1.165) is 10.8 Å². The summed E-state index contributed by atoms with van der Waals surface area (Å²) < 4.78 is 4.52. The molecule has 0 bridgehead atoms. The number of hydrogen-bond donors (Lipinski definition) is 1. The number of phenolic OH excluding ortho intramolecular Hbond substituents is 1. The Morgan fingerprint density at radius 3 is 2.76 bits per heavy atom. The predicted octanol–water partition coefficient (Wildman–Crippen LogP) is 2.73. The number of benzene rings is 2. The maximum absolute atomic E-state index is 11.0. The molecule has 0 radical (unpaired) electrons. The van der Waals surface area contributed by atoms with Gasteiger partial charge in [-0.15, -0.1) is 0 Å². The Bertz CT molecular complexity index is 585. The number of methoxy groups -OCH3 is 1. The van der Waals surface area contributed by atoms with Crippen molar-refractivity contribution in [3.05, 3.63) is 48.0 Å². The molecule has 0 unspecified atom stereocenters. The van der Waals surface area contributed by atoms with Crippen molar-refractivity contribution in [3.63, 3.8) is 0 Å². The minimum absolute atomic E-state index is 0.142. The summed E-state index contributed by atoms with van der Waals surface area (Å²) >= 11 is 0. The molecule has 0 aliphatic heterocycles. The number of phenols is 1. The number of esters is 1. The van der Waals surface area contributed by atoms with Crippen molar-refractivity contribution in [1.82, 2.24) is 0 Å². The van der Waals surface area contributed by atoms with Crippen LogP contribution in [0, 0.1) is 0 Å². The number of aromatic hydroxyl groups is 1. The monoisotopic (exact) mass is 228 g/mol. The van der Waals surface area contributed by atoms with Gasteiger partial charge < -0.3 is 9.84 Å². The van der Waals surface area contributed by atoms with E-state index in [-0.39, 0.29) is 5.75 Å². The molecule has 0 amide bonds. The van der Waals surface area contributed by atoms with Crippen LogP contribution in [0.1, 0.15) is 5.56 Å². The Hall–Kier alpha value is -2.29.